The van der Waals surface area contributed by atoms with E-state index in [4.69, 9.17) is 0 Å². The highest BCUT2D eigenvalue weighted by Crippen LogP contribution is 2.19. The Kier molecular flexibility index (Phi) is 3.70. The van der Waals surface area contributed by atoms with E-state index in [0.29, 0.717) is 0 Å². The predicted molar refractivity (Wildman–Crippen MR) is 82.9 cm³/mol. The number of benzene rings is 2. The summed E-state index contributed by atoms with van der Waals surface area (Å²) in [5.74, 6) is 0. The number of aromatic amines is 1. The molecule has 1 aromatic heterocycles. The molecule has 3 aromatic rings. The quantitative estimate of drug-likeness (QED) is 0.594. The number of hydrogen-bond donors (Lipinski definition) is 1. The molecule has 0 radical (unpaired) electrons. The van der Waals surface area contributed by atoms with Gasteiger partial charge in [-0.2, -0.15) is 0 Å². The molecule has 3 rings (SSSR count). The number of rotatable bonds is 0. The third-order valence-corrected chi connectivity index (χ3v) is 3.16. The molecule has 0 amide bonds. The molecule has 1 N–H and O–H groups in total. The molecule has 0 aliphatic heterocycles. The van der Waals surface area contributed by atoms with E-state index in [-0.39, 0.29) is 5.43 Å². The van der Waals surface area contributed by atoms with Crippen molar-refractivity contribution in [1.82, 2.24) is 4.98 Å². The summed E-state index contributed by atoms with van der Waals surface area (Å²) >= 11 is 0. The highest BCUT2D eigenvalue weighted by molar-refractivity contribution is 5.94. The van der Waals surface area contributed by atoms with Crippen LogP contribution in [-0.2, 0) is 0 Å². The molecule has 0 atom stereocenters. The summed E-state index contributed by atoms with van der Waals surface area (Å²) in [4.78, 5) is 15.7. The van der Waals surface area contributed by atoms with Crippen LogP contribution in [0.2, 0.25) is 0 Å². The minimum absolute atomic E-state index is 0.112. The minimum atomic E-state index is 0.112. The van der Waals surface area contributed by atoms with E-state index in [1.165, 1.54) is 0 Å². The average Bonchev–Trinajstić information content (AvgIpc) is 2.43. The van der Waals surface area contributed by atoms with Gasteiger partial charge in [0.25, 0.3) is 0 Å². The van der Waals surface area contributed by atoms with Gasteiger partial charge in [-0.25, -0.2) is 0 Å². The average molecular weight is 253 g/mol. The Hall–Kier alpha value is -2.09. The molecule has 0 saturated heterocycles. The number of hydrogen-bond acceptors (Lipinski definition) is 1. The molecule has 98 valence electrons. The van der Waals surface area contributed by atoms with Crippen molar-refractivity contribution in [3.05, 3.63) is 57.7 Å². The second-order valence-corrected chi connectivity index (χ2v) is 4.50. The number of nitrogens with one attached hydrogen (secondary N) is 1. The van der Waals surface area contributed by atoms with Gasteiger partial charge in [0.2, 0.25) is 0 Å². The second-order valence-electron chi connectivity index (χ2n) is 4.50. The highest BCUT2D eigenvalue weighted by atomic mass is 16.1. The van der Waals surface area contributed by atoms with Crippen LogP contribution in [0.5, 0.6) is 0 Å². The van der Waals surface area contributed by atoms with Crippen molar-refractivity contribution in [1.29, 1.82) is 0 Å². The molecule has 0 aliphatic carbocycles. The Labute approximate surface area is 113 Å². The molecule has 0 bridgehead atoms. The van der Waals surface area contributed by atoms with Crippen LogP contribution in [0.4, 0.5) is 0 Å². The normalized spacial score (nSPS) is 10.3. The summed E-state index contributed by atoms with van der Waals surface area (Å²) in [6.45, 7) is 8.04. The maximum Gasteiger partial charge on any atom is 0.197 e. The van der Waals surface area contributed by atoms with Crippen molar-refractivity contribution >= 4 is 21.8 Å². The molecular formula is C17H19NO. The molecule has 2 nitrogen and oxygen atoms in total. The van der Waals surface area contributed by atoms with Crippen LogP contribution in [0, 0.1) is 13.8 Å². The Balaban J connectivity index is 0.000000637. The van der Waals surface area contributed by atoms with Gasteiger partial charge in [-0.3, -0.25) is 4.79 Å². The van der Waals surface area contributed by atoms with Crippen LogP contribution in [-0.4, -0.2) is 4.98 Å². The first-order chi connectivity index (χ1) is 9.16. The van der Waals surface area contributed by atoms with Crippen LogP contribution in [0.3, 0.4) is 0 Å². The predicted octanol–water partition coefficient (Wildman–Crippen LogP) is 4.32. The first-order valence-corrected chi connectivity index (χ1v) is 6.69. The van der Waals surface area contributed by atoms with Gasteiger partial charge in [0.1, 0.15) is 0 Å². The molecule has 2 aromatic carbocycles. The van der Waals surface area contributed by atoms with Gasteiger partial charge in [-0.05, 0) is 43.2 Å². The van der Waals surface area contributed by atoms with Crippen molar-refractivity contribution in [2.45, 2.75) is 27.7 Å². The first-order valence-electron chi connectivity index (χ1n) is 6.69. The molecule has 19 heavy (non-hydrogen) atoms. The maximum atomic E-state index is 12.4. The molecular weight excluding hydrogens is 234 g/mol. The lowest BCUT2D eigenvalue weighted by Gasteiger charge is -2.06. The van der Waals surface area contributed by atoms with Crippen molar-refractivity contribution in [2.75, 3.05) is 0 Å². The van der Waals surface area contributed by atoms with Crippen molar-refractivity contribution in [3.63, 3.8) is 0 Å². The molecule has 2 heteroatoms. The summed E-state index contributed by atoms with van der Waals surface area (Å²) in [5.41, 5.74) is 4.19. The van der Waals surface area contributed by atoms with Gasteiger partial charge in [-0.1, -0.05) is 32.0 Å². The van der Waals surface area contributed by atoms with E-state index in [9.17, 15) is 4.79 Å². The van der Waals surface area contributed by atoms with Crippen LogP contribution < -0.4 is 5.43 Å². The molecule has 0 spiro atoms. The Bertz CT molecular complexity index is 784. The van der Waals surface area contributed by atoms with Crippen LogP contribution in [0.1, 0.15) is 25.0 Å². The lowest BCUT2D eigenvalue weighted by molar-refractivity contribution is 1.37. The molecule has 0 saturated carbocycles. The van der Waals surface area contributed by atoms with Gasteiger partial charge < -0.3 is 4.98 Å². The third-order valence-electron chi connectivity index (χ3n) is 3.16. The van der Waals surface area contributed by atoms with Gasteiger partial charge in [0.05, 0.1) is 5.52 Å². The number of fused-ring (bicyclic) bond motifs is 2. The Morgan fingerprint density at radius 1 is 0.947 bits per heavy atom. The van der Waals surface area contributed by atoms with Gasteiger partial charge >= 0.3 is 0 Å². The van der Waals surface area contributed by atoms with E-state index in [0.717, 1.165) is 32.9 Å². The van der Waals surface area contributed by atoms with Crippen molar-refractivity contribution in [3.8, 4) is 0 Å². The van der Waals surface area contributed by atoms with E-state index < -0.39 is 0 Å². The number of pyridine rings is 1. The van der Waals surface area contributed by atoms with E-state index in [1.807, 2.05) is 58.0 Å². The summed E-state index contributed by atoms with van der Waals surface area (Å²) < 4.78 is 0. The zero-order valence-corrected chi connectivity index (χ0v) is 11.9. The summed E-state index contributed by atoms with van der Waals surface area (Å²) in [5, 5.41) is 1.53. The van der Waals surface area contributed by atoms with Crippen molar-refractivity contribution in [2.24, 2.45) is 0 Å². The van der Waals surface area contributed by atoms with E-state index >= 15 is 0 Å². The standard InChI is InChI=1S/C15H13NO.C2H6/c1-9-7-10(2)14-12(8-9)15(17)11-5-3-4-6-13(11)16-14;1-2/h3-8H,1-2H3,(H,16,17);1-2H3. The SMILES string of the molecule is CC.Cc1cc(C)c2[nH]c3ccccc3c(=O)c2c1. The van der Waals surface area contributed by atoms with Crippen LogP contribution in [0.25, 0.3) is 21.8 Å². The van der Waals surface area contributed by atoms with Gasteiger partial charge in [0, 0.05) is 16.3 Å². The lowest BCUT2D eigenvalue weighted by Crippen LogP contribution is -2.05. The van der Waals surface area contributed by atoms with Gasteiger partial charge in [-0.15, -0.1) is 0 Å². The zero-order chi connectivity index (χ0) is 14.0. The maximum absolute atomic E-state index is 12.4. The first kappa shape index (κ1) is 13.3. The monoisotopic (exact) mass is 253 g/mol. The van der Waals surface area contributed by atoms with Gasteiger partial charge in [0.15, 0.2) is 5.43 Å². The van der Waals surface area contributed by atoms with Crippen molar-refractivity contribution < 1.29 is 0 Å². The number of aryl methyl sites for hydroxylation is 2. The lowest BCUT2D eigenvalue weighted by atomic mass is 10.0. The number of para-hydroxylation sites is 1. The molecule has 0 aliphatic rings. The second kappa shape index (κ2) is 5.27. The number of aromatic nitrogens is 1. The van der Waals surface area contributed by atoms with E-state index in [2.05, 4.69) is 11.1 Å². The highest BCUT2D eigenvalue weighted by Gasteiger charge is 2.06. The van der Waals surface area contributed by atoms with Crippen LogP contribution >= 0.6 is 0 Å². The molecule has 1 heterocycles. The fraction of sp³-hybridized carbons (Fsp3) is 0.235. The summed E-state index contributed by atoms with van der Waals surface area (Å²) in [6, 6.07) is 11.7. The Morgan fingerprint density at radius 3 is 2.37 bits per heavy atom. The fourth-order valence-electron chi connectivity index (χ4n) is 2.38. The molecule has 0 unspecified atom stereocenters. The fourth-order valence-corrected chi connectivity index (χ4v) is 2.38. The Morgan fingerprint density at radius 2 is 1.63 bits per heavy atom. The zero-order valence-electron chi connectivity index (χ0n) is 11.9. The summed E-state index contributed by atoms with van der Waals surface area (Å²) in [7, 11) is 0. The smallest absolute Gasteiger partial charge is 0.197 e. The largest absolute Gasteiger partial charge is 0.354 e. The van der Waals surface area contributed by atoms with Crippen LogP contribution in [0.15, 0.2) is 41.2 Å². The molecule has 0 fully saturated rings. The third kappa shape index (κ3) is 2.26. The summed E-state index contributed by atoms with van der Waals surface area (Å²) in [6.07, 6.45) is 0. The van der Waals surface area contributed by atoms with E-state index in [1.54, 1.807) is 0 Å². The minimum Gasteiger partial charge on any atom is -0.354 e. The topological polar surface area (TPSA) is 32.9 Å². The number of H-pyrrole nitrogens is 1.